The number of nitrogens with zero attached hydrogens (tertiary/aromatic N) is 3. The molecular weight excluding hydrogens is 138 g/mol. The molecule has 54 valence electrons. The van der Waals surface area contributed by atoms with Gasteiger partial charge in [-0.25, -0.2) is 4.73 Å². The van der Waals surface area contributed by atoms with Crippen LogP contribution in [0.25, 0.3) is 0 Å². The molecule has 1 aromatic heterocycles. The molecule has 6 heteroatoms. The lowest BCUT2D eigenvalue weighted by Crippen LogP contribution is -2.27. The number of hydrogen-bond acceptors (Lipinski definition) is 4. The summed E-state index contributed by atoms with van der Waals surface area (Å²) in [4.78, 5) is 0. The maximum atomic E-state index is 10.6. The molecule has 0 spiro atoms. The van der Waals surface area contributed by atoms with Crippen molar-refractivity contribution >= 4 is 6.21 Å². The van der Waals surface area contributed by atoms with Crippen molar-refractivity contribution in [3.63, 3.8) is 0 Å². The third kappa shape index (κ3) is 0.993. The van der Waals surface area contributed by atoms with Crippen LogP contribution in [-0.2, 0) is 0 Å². The second-order valence-electron chi connectivity index (χ2n) is 1.62. The smallest absolute Gasteiger partial charge is 0.287 e. The minimum absolute atomic E-state index is 0.0602. The maximum Gasteiger partial charge on any atom is 0.287 e. The number of oxime groups is 1. The van der Waals surface area contributed by atoms with Crippen LogP contribution in [0.5, 0.6) is 0 Å². The second-order valence-corrected chi connectivity index (χ2v) is 1.62. The van der Waals surface area contributed by atoms with Crippen LogP contribution in [0.15, 0.2) is 17.7 Å². The third-order valence-corrected chi connectivity index (χ3v) is 0.932. The van der Waals surface area contributed by atoms with E-state index < -0.39 is 0 Å². The Balaban J connectivity index is 3.03. The molecule has 0 radical (unpaired) electrons. The minimum Gasteiger partial charge on any atom is -0.710 e. The summed E-state index contributed by atoms with van der Waals surface area (Å²) in [6.45, 7) is 0. The second kappa shape index (κ2) is 2.26. The van der Waals surface area contributed by atoms with Crippen molar-refractivity contribution in [2.24, 2.45) is 5.16 Å². The van der Waals surface area contributed by atoms with Crippen molar-refractivity contribution in [2.45, 2.75) is 0 Å². The molecule has 0 fully saturated rings. The van der Waals surface area contributed by atoms with E-state index in [0.29, 0.717) is 9.46 Å². The first-order chi connectivity index (χ1) is 4.74. The standard InChI is InChI=1S/C4H5N3O3/c8-5-1-4-2-6(9)3-7(4)10/h1-3,8-9H. The Kier molecular flexibility index (Phi) is 1.44. The molecule has 1 aromatic rings. The summed E-state index contributed by atoms with van der Waals surface area (Å²) in [5.74, 6) is 0. The van der Waals surface area contributed by atoms with Crippen molar-refractivity contribution in [1.82, 2.24) is 4.73 Å². The normalized spacial score (nSPS) is 10.8. The number of aromatic nitrogens is 2. The fourth-order valence-electron chi connectivity index (χ4n) is 0.549. The van der Waals surface area contributed by atoms with Gasteiger partial charge in [0.2, 0.25) is 0 Å². The highest BCUT2D eigenvalue weighted by Gasteiger charge is 2.03. The summed E-state index contributed by atoms with van der Waals surface area (Å²) in [6.07, 6.45) is 2.91. The van der Waals surface area contributed by atoms with Crippen LogP contribution in [0.3, 0.4) is 0 Å². The fourth-order valence-corrected chi connectivity index (χ4v) is 0.549. The third-order valence-electron chi connectivity index (χ3n) is 0.932. The molecule has 0 atom stereocenters. The highest BCUT2D eigenvalue weighted by Crippen LogP contribution is 1.84. The molecule has 10 heavy (non-hydrogen) atoms. The van der Waals surface area contributed by atoms with Crippen LogP contribution in [0.1, 0.15) is 5.69 Å². The highest BCUT2D eigenvalue weighted by atomic mass is 16.5. The molecule has 0 bridgehead atoms. The summed E-state index contributed by atoms with van der Waals surface area (Å²) >= 11 is 0. The summed E-state index contributed by atoms with van der Waals surface area (Å²) in [6, 6.07) is 0. The molecule has 1 heterocycles. The lowest BCUT2D eigenvalue weighted by atomic mass is 10.5. The van der Waals surface area contributed by atoms with Gasteiger partial charge in [0.25, 0.3) is 6.33 Å². The number of rotatable bonds is 1. The number of hydrogen-bond donors (Lipinski definition) is 2. The molecule has 0 saturated heterocycles. The first-order valence-corrected chi connectivity index (χ1v) is 2.42. The van der Waals surface area contributed by atoms with Crippen LogP contribution in [0.4, 0.5) is 0 Å². The van der Waals surface area contributed by atoms with Gasteiger partial charge >= 0.3 is 0 Å². The van der Waals surface area contributed by atoms with Gasteiger partial charge in [0, 0.05) is 0 Å². The van der Waals surface area contributed by atoms with Gasteiger partial charge in [0.15, 0.2) is 11.9 Å². The van der Waals surface area contributed by atoms with Gasteiger partial charge in [0.1, 0.15) is 6.21 Å². The summed E-state index contributed by atoms with van der Waals surface area (Å²) in [5.41, 5.74) is 0.0602. The van der Waals surface area contributed by atoms with Crippen LogP contribution in [0, 0.1) is 5.21 Å². The molecule has 0 saturated carbocycles. The molecule has 0 aliphatic rings. The summed E-state index contributed by atoms with van der Waals surface area (Å²) in [5, 5.41) is 29.8. The predicted octanol–water partition coefficient (Wildman–Crippen LogP) is -0.833. The molecule has 0 amide bonds. The summed E-state index contributed by atoms with van der Waals surface area (Å²) in [7, 11) is 0. The van der Waals surface area contributed by atoms with Crippen molar-refractivity contribution in [3.05, 3.63) is 23.4 Å². The van der Waals surface area contributed by atoms with Crippen molar-refractivity contribution in [1.29, 1.82) is 0 Å². The Morgan fingerprint density at radius 1 is 1.80 bits per heavy atom. The number of imidazole rings is 1. The molecule has 0 aromatic carbocycles. The quantitative estimate of drug-likeness (QED) is 0.134. The maximum absolute atomic E-state index is 10.6. The molecule has 2 N–H and O–H groups in total. The van der Waals surface area contributed by atoms with Crippen molar-refractivity contribution in [3.8, 4) is 0 Å². The van der Waals surface area contributed by atoms with E-state index in [1.807, 2.05) is 0 Å². The topological polar surface area (TPSA) is 84.7 Å². The molecule has 1 rings (SSSR count). The van der Waals surface area contributed by atoms with Crippen molar-refractivity contribution in [2.75, 3.05) is 0 Å². The molecule has 0 aliphatic carbocycles. The lowest BCUT2D eigenvalue weighted by Gasteiger charge is -1.93. The SMILES string of the molecule is [O-][n+]1cn(O)cc1C=NO. The Hall–Kier alpha value is -1.72. The van der Waals surface area contributed by atoms with Crippen LogP contribution in [0.2, 0.25) is 0 Å². The predicted molar refractivity (Wildman–Crippen MR) is 30.0 cm³/mol. The van der Waals surface area contributed by atoms with E-state index in [4.69, 9.17) is 10.4 Å². The zero-order chi connectivity index (χ0) is 7.56. The van der Waals surface area contributed by atoms with Crippen molar-refractivity contribution < 1.29 is 15.1 Å². The van der Waals surface area contributed by atoms with Crippen LogP contribution in [-0.4, -0.2) is 21.4 Å². The highest BCUT2D eigenvalue weighted by molar-refractivity contribution is 5.73. The Morgan fingerprint density at radius 2 is 2.50 bits per heavy atom. The molecular formula is C4H5N3O3. The van der Waals surface area contributed by atoms with Gasteiger partial charge in [0.05, 0.1) is 0 Å². The average Bonchev–Trinajstić information content (AvgIpc) is 2.13. The molecule has 6 nitrogen and oxygen atoms in total. The van der Waals surface area contributed by atoms with E-state index in [2.05, 4.69) is 5.16 Å². The van der Waals surface area contributed by atoms with E-state index >= 15 is 0 Å². The van der Waals surface area contributed by atoms with E-state index in [-0.39, 0.29) is 5.69 Å². The van der Waals surface area contributed by atoms with Crippen LogP contribution >= 0.6 is 0 Å². The van der Waals surface area contributed by atoms with E-state index in [1.54, 1.807) is 0 Å². The Labute approximate surface area is 55.8 Å². The first-order valence-electron chi connectivity index (χ1n) is 2.42. The Bertz CT molecular complexity index is 254. The monoisotopic (exact) mass is 143 g/mol. The zero-order valence-corrected chi connectivity index (χ0v) is 4.88. The largest absolute Gasteiger partial charge is 0.710 e. The summed E-state index contributed by atoms with van der Waals surface area (Å²) < 4.78 is 0.934. The molecule has 0 aliphatic heterocycles. The van der Waals surface area contributed by atoms with Gasteiger partial charge in [-0.3, -0.25) is 0 Å². The zero-order valence-electron chi connectivity index (χ0n) is 4.88. The fraction of sp³-hybridized carbons (Fsp3) is 0. The minimum atomic E-state index is 0.0602. The van der Waals surface area contributed by atoms with Gasteiger partial charge in [-0.2, -0.15) is 0 Å². The Morgan fingerprint density at radius 3 is 2.90 bits per heavy atom. The van der Waals surface area contributed by atoms with Gasteiger partial charge < -0.3 is 15.6 Å². The van der Waals surface area contributed by atoms with E-state index in [9.17, 15) is 5.21 Å². The average molecular weight is 143 g/mol. The van der Waals surface area contributed by atoms with Gasteiger partial charge in [-0.1, -0.05) is 9.89 Å². The van der Waals surface area contributed by atoms with Crippen LogP contribution < -0.4 is 4.73 Å². The first kappa shape index (κ1) is 6.40. The van der Waals surface area contributed by atoms with E-state index in [1.165, 1.54) is 0 Å². The molecule has 0 unspecified atom stereocenters. The lowest BCUT2D eigenvalue weighted by molar-refractivity contribution is -0.607. The van der Waals surface area contributed by atoms with E-state index in [0.717, 1.165) is 18.7 Å². The van der Waals surface area contributed by atoms with Gasteiger partial charge in [-0.15, -0.1) is 0 Å². The van der Waals surface area contributed by atoms with Gasteiger partial charge in [-0.05, 0) is 0 Å².